The van der Waals surface area contributed by atoms with Gasteiger partial charge in [-0.1, -0.05) is 60.7 Å². The standard InChI is InChI=1S/C26H22N4O5/c31-23(28-15-7-8-18-16-21(30(34)35)13-14-22(18)28)17-29-24(32)26(27-25(29)33,19-9-3-1-4-10-19)20-11-5-2-6-12-20/h1-6,9-14,16H,7-8,15,17H2,(H,27,33). The van der Waals surface area contributed by atoms with E-state index in [1.54, 1.807) is 54.6 Å². The van der Waals surface area contributed by atoms with E-state index in [9.17, 15) is 24.5 Å². The number of urea groups is 1. The lowest BCUT2D eigenvalue weighted by Crippen LogP contribution is -2.47. The maximum atomic E-state index is 13.8. The largest absolute Gasteiger partial charge is 0.326 e. The minimum Gasteiger partial charge on any atom is -0.315 e. The van der Waals surface area contributed by atoms with E-state index in [4.69, 9.17) is 0 Å². The van der Waals surface area contributed by atoms with Crippen molar-refractivity contribution in [3.63, 3.8) is 0 Å². The number of amides is 4. The SMILES string of the molecule is O=C1NC(c2ccccc2)(c2ccccc2)C(=O)N1CC(=O)N1CCCc2cc([N+](=O)[O-])ccc21. The molecule has 0 saturated carbocycles. The van der Waals surface area contributed by atoms with Crippen LogP contribution in [0.4, 0.5) is 16.2 Å². The topological polar surface area (TPSA) is 113 Å². The van der Waals surface area contributed by atoms with Crippen LogP contribution in [-0.2, 0) is 21.5 Å². The Morgan fingerprint density at radius 3 is 2.20 bits per heavy atom. The summed E-state index contributed by atoms with van der Waals surface area (Å²) in [5.41, 5.74) is 0.962. The molecule has 9 heteroatoms. The number of fused-ring (bicyclic) bond motifs is 1. The molecule has 176 valence electrons. The van der Waals surface area contributed by atoms with E-state index in [0.717, 1.165) is 4.90 Å². The van der Waals surface area contributed by atoms with E-state index in [1.807, 2.05) is 12.1 Å². The van der Waals surface area contributed by atoms with Crippen LogP contribution >= 0.6 is 0 Å². The number of anilines is 1. The first-order chi connectivity index (χ1) is 16.9. The first-order valence-electron chi connectivity index (χ1n) is 11.2. The second-order valence-electron chi connectivity index (χ2n) is 8.52. The predicted molar refractivity (Wildman–Crippen MR) is 128 cm³/mol. The number of carbonyl (C=O) groups is 3. The molecule has 2 aliphatic heterocycles. The maximum Gasteiger partial charge on any atom is 0.326 e. The Balaban J connectivity index is 1.46. The number of hydrogen-bond acceptors (Lipinski definition) is 5. The van der Waals surface area contributed by atoms with Crippen molar-refractivity contribution in [2.75, 3.05) is 18.0 Å². The van der Waals surface area contributed by atoms with Crippen LogP contribution in [0, 0.1) is 10.1 Å². The van der Waals surface area contributed by atoms with Crippen molar-refractivity contribution < 1.29 is 19.3 Å². The molecular formula is C26H22N4O5. The lowest BCUT2D eigenvalue weighted by Gasteiger charge is -2.31. The molecule has 0 unspecified atom stereocenters. The number of hydrogen-bond donors (Lipinski definition) is 1. The van der Waals surface area contributed by atoms with Gasteiger partial charge in [-0.2, -0.15) is 0 Å². The van der Waals surface area contributed by atoms with E-state index >= 15 is 0 Å². The molecule has 4 amide bonds. The molecular weight excluding hydrogens is 448 g/mol. The van der Waals surface area contributed by atoms with Gasteiger partial charge in [0.15, 0.2) is 5.54 Å². The molecule has 35 heavy (non-hydrogen) atoms. The Bertz CT molecular complexity index is 1290. The zero-order valence-electron chi connectivity index (χ0n) is 18.7. The van der Waals surface area contributed by atoms with Gasteiger partial charge < -0.3 is 10.2 Å². The second-order valence-corrected chi connectivity index (χ2v) is 8.52. The Morgan fingerprint density at radius 2 is 1.60 bits per heavy atom. The van der Waals surface area contributed by atoms with Crippen LogP contribution in [0.2, 0.25) is 0 Å². The Morgan fingerprint density at radius 1 is 0.971 bits per heavy atom. The molecule has 0 radical (unpaired) electrons. The highest BCUT2D eigenvalue weighted by Gasteiger charge is 2.54. The van der Waals surface area contributed by atoms with E-state index < -0.39 is 34.9 Å². The molecule has 1 saturated heterocycles. The van der Waals surface area contributed by atoms with Crippen molar-refractivity contribution in [1.82, 2.24) is 10.2 Å². The summed E-state index contributed by atoms with van der Waals surface area (Å²) in [5.74, 6) is -0.964. The lowest BCUT2D eigenvalue weighted by atomic mass is 9.82. The molecule has 0 spiro atoms. The Labute approximate surface area is 201 Å². The van der Waals surface area contributed by atoms with Crippen molar-refractivity contribution in [3.8, 4) is 0 Å². The molecule has 9 nitrogen and oxygen atoms in total. The number of benzene rings is 3. The molecule has 0 atom stereocenters. The van der Waals surface area contributed by atoms with Gasteiger partial charge in [0.05, 0.1) is 4.92 Å². The van der Waals surface area contributed by atoms with E-state index in [1.165, 1.54) is 17.0 Å². The number of carbonyl (C=O) groups excluding carboxylic acids is 3. The van der Waals surface area contributed by atoms with Crippen LogP contribution in [0.1, 0.15) is 23.1 Å². The molecule has 1 N–H and O–H groups in total. The van der Waals surface area contributed by atoms with Crippen molar-refractivity contribution >= 4 is 29.2 Å². The molecule has 0 bridgehead atoms. The zero-order chi connectivity index (χ0) is 24.6. The fourth-order valence-corrected chi connectivity index (χ4v) is 4.83. The van der Waals surface area contributed by atoms with Gasteiger partial charge in [-0.15, -0.1) is 0 Å². The first-order valence-corrected chi connectivity index (χ1v) is 11.2. The van der Waals surface area contributed by atoms with Gasteiger partial charge in [0.2, 0.25) is 5.91 Å². The van der Waals surface area contributed by atoms with Crippen molar-refractivity contribution in [2.24, 2.45) is 0 Å². The molecule has 5 rings (SSSR count). The van der Waals surface area contributed by atoms with Gasteiger partial charge in [0, 0.05) is 24.4 Å². The molecule has 3 aromatic carbocycles. The molecule has 1 fully saturated rings. The van der Waals surface area contributed by atoms with E-state index in [2.05, 4.69) is 5.32 Å². The molecule has 3 aromatic rings. The summed E-state index contributed by atoms with van der Waals surface area (Å²) >= 11 is 0. The zero-order valence-corrected chi connectivity index (χ0v) is 18.7. The number of nitrogens with zero attached hydrogens (tertiary/aromatic N) is 3. The fourth-order valence-electron chi connectivity index (χ4n) is 4.83. The summed E-state index contributed by atoms with van der Waals surface area (Å²) in [5, 5.41) is 14.0. The summed E-state index contributed by atoms with van der Waals surface area (Å²) in [6.45, 7) is -0.0433. The van der Waals surface area contributed by atoms with Gasteiger partial charge in [0.1, 0.15) is 6.54 Å². The minimum atomic E-state index is -1.44. The van der Waals surface area contributed by atoms with Crippen molar-refractivity contribution in [1.29, 1.82) is 0 Å². The van der Waals surface area contributed by atoms with Crippen molar-refractivity contribution in [2.45, 2.75) is 18.4 Å². The molecule has 2 aliphatic rings. The monoisotopic (exact) mass is 470 g/mol. The number of nitrogens with one attached hydrogen (secondary N) is 1. The Hall–Kier alpha value is -4.53. The summed E-state index contributed by atoms with van der Waals surface area (Å²) < 4.78 is 0. The van der Waals surface area contributed by atoms with Crippen LogP contribution < -0.4 is 10.2 Å². The van der Waals surface area contributed by atoms with Gasteiger partial charge in [0.25, 0.3) is 11.6 Å². The molecule has 0 aromatic heterocycles. The summed E-state index contributed by atoms with van der Waals surface area (Å²) in [7, 11) is 0. The van der Waals surface area contributed by atoms with Gasteiger partial charge >= 0.3 is 6.03 Å². The predicted octanol–water partition coefficient (Wildman–Crippen LogP) is 3.37. The van der Waals surface area contributed by atoms with Gasteiger partial charge in [-0.3, -0.25) is 24.6 Å². The average molecular weight is 470 g/mol. The van der Waals surface area contributed by atoms with E-state index in [0.29, 0.717) is 41.8 Å². The van der Waals surface area contributed by atoms with E-state index in [-0.39, 0.29) is 5.69 Å². The maximum absolute atomic E-state index is 13.8. The summed E-state index contributed by atoms with van der Waals surface area (Å²) in [6, 6.07) is 21.6. The van der Waals surface area contributed by atoms with Gasteiger partial charge in [-0.25, -0.2) is 4.79 Å². The number of aryl methyl sites for hydroxylation is 1. The second kappa shape index (κ2) is 8.68. The Kier molecular flexibility index (Phi) is 5.52. The number of nitro groups is 1. The van der Waals surface area contributed by atoms with Crippen LogP contribution in [0.15, 0.2) is 78.9 Å². The van der Waals surface area contributed by atoms with Crippen LogP contribution in [0.5, 0.6) is 0 Å². The van der Waals surface area contributed by atoms with Crippen molar-refractivity contribution in [3.05, 3.63) is 106 Å². The third-order valence-corrected chi connectivity index (χ3v) is 6.51. The third kappa shape index (κ3) is 3.71. The van der Waals surface area contributed by atoms with Gasteiger partial charge in [-0.05, 0) is 35.6 Å². The normalized spacial score (nSPS) is 16.6. The first kappa shape index (κ1) is 22.3. The lowest BCUT2D eigenvalue weighted by molar-refractivity contribution is -0.384. The molecule has 0 aliphatic carbocycles. The quantitative estimate of drug-likeness (QED) is 0.349. The fraction of sp³-hybridized carbons (Fsp3) is 0.192. The highest BCUT2D eigenvalue weighted by Crippen LogP contribution is 2.36. The third-order valence-electron chi connectivity index (χ3n) is 6.51. The minimum absolute atomic E-state index is 0.0392. The van der Waals surface area contributed by atoms with Crippen LogP contribution in [-0.4, -0.2) is 40.8 Å². The molecule has 2 heterocycles. The average Bonchev–Trinajstić information content (AvgIpc) is 3.14. The summed E-state index contributed by atoms with van der Waals surface area (Å²) in [4.78, 5) is 53.3. The van der Waals surface area contributed by atoms with Crippen LogP contribution in [0.3, 0.4) is 0 Å². The number of imide groups is 1. The number of non-ortho nitro benzene ring substituents is 1. The highest BCUT2D eigenvalue weighted by atomic mass is 16.6. The summed E-state index contributed by atoms with van der Waals surface area (Å²) in [6.07, 6.45) is 1.23. The number of nitro benzene ring substituents is 1. The highest BCUT2D eigenvalue weighted by molar-refractivity contribution is 6.12. The smallest absolute Gasteiger partial charge is 0.315 e. The van der Waals surface area contributed by atoms with Crippen LogP contribution in [0.25, 0.3) is 0 Å². The number of rotatable bonds is 5.